The Morgan fingerprint density at radius 2 is 1.79 bits per heavy atom. The Hall–Kier alpha value is -2.50. The van der Waals surface area contributed by atoms with Crippen molar-refractivity contribution in [3.63, 3.8) is 0 Å². The van der Waals surface area contributed by atoms with Crippen molar-refractivity contribution < 1.29 is 9.53 Å². The van der Waals surface area contributed by atoms with Crippen LogP contribution in [0.25, 0.3) is 10.9 Å². The minimum atomic E-state index is -0.563. The van der Waals surface area contributed by atoms with Gasteiger partial charge in [-0.25, -0.2) is 0 Å². The number of carbonyl (C=O) groups is 1. The molecule has 0 radical (unpaired) electrons. The van der Waals surface area contributed by atoms with Crippen LogP contribution in [0.4, 0.5) is 0 Å². The number of aromatic nitrogens is 1. The van der Waals surface area contributed by atoms with Crippen LogP contribution in [-0.2, 0) is 4.79 Å². The van der Waals surface area contributed by atoms with E-state index < -0.39 is 6.04 Å². The van der Waals surface area contributed by atoms with Crippen molar-refractivity contribution in [1.29, 1.82) is 0 Å². The van der Waals surface area contributed by atoms with Crippen molar-refractivity contribution in [3.8, 4) is 5.75 Å². The highest BCUT2D eigenvalue weighted by Gasteiger charge is 2.28. The van der Waals surface area contributed by atoms with Crippen LogP contribution in [0.1, 0.15) is 37.8 Å². The number of fused-ring (bicyclic) bond motifs is 1. The van der Waals surface area contributed by atoms with Crippen molar-refractivity contribution in [2.24, 2.45) is 11.1 Å². The molecule has 1 aromatic heterocycles. The number of rotatable bonds is 6. The molecule has 29 heavy (non-hydrogen) atoms. The topological polar surface area (TPSA) is 80.1 Å². The Labute approximate surface area is 178 Å². The monoisotopic (exact) mass is 415 g/mol. The van der Waals surface area contributed by atoms with E-state index in [0.29, 0.717) is 6.54 Å². The van der Waals surface area contributed by atoms with Gasteiger partial charge >= 0.3 is 0 Å². The maximum absolute atomic E-state index is 12.6. The molecule has 3 rings (SSSR count). The summed E-state index contributed by atoms with van der Waals surface area (Å²) in [6.45, 7) is 6.38. The molecule has 1 amide bonds. The smallest absolute Gasteiger partial charge is 0.237 e. The molecule has 1 heterocycles. The summed E-state index contributed by atoms with van der Waals surface area (Å²) in [5, 5.41) is 4.21. The summed E-state index contributed by atoms with van der Waals surface area (Å²) in [5.41, 5.74) is 9.17. The third-order valence-electron chi connectivity index (χ3n) is 5.21. The highest BCUT2D eigenvalue weighted by molar-refractivity contribution is 5.86. The first-order valence-corrected chi connectivity index (χ1v) is 9.54. The predicted octanol–water partition coefficient (Wildman–Crippen LogP) is 4.22. The molecule has 1 unspecified atom stereocenters. The Kier molecular flexibility index (Phi) is 7.33. The van der Waals surface area contributed by atoms with Crippen LogP contribution >= 0.6 is 12.4 Å². The van der Waals surface area contributed by atoms with Gasteiger partial charge in [0.05, 0.1) is 13.2 Å². The van der Waals surface area contributed by atoms with E-state index in [1.54, 1.807) is 7.11 Å². The Morgan fingerprint density at radius 3 is 2.41 bits per heavy atom. The fraction of sp³-hybridized carbons (Fsp3) is 0.348. The molecule has 3 aromatic rings. The number of aromatic amines is 1. The predicted molar refractivity (Wildman–Crippen MR) is 121 cm³/mol. The van der Waals surface area contributed by atoms with Gasteiger partial charge in [-0.15, -0.1) is 12.4 Å². The van der Waals surface area contributed by atoms with Gasteiger partial charge < -0.3 is 20.8 Å². The molecule has 0 saturated carbocycles. The first kappa shape index (κ1) is 22.8. The summed E-state index contributed by atoms with van der Waals surface area (Å²) in [5.74, 6) is 0.671. The molecular weight excluding hydrogens is 386 g/mol. The molecule has 4 N–H and O–H groups in total. The molecule has 0 aliphatic carbocycles. The lowest BCUT2D eigenvalue weighted by molar-refractivity contribution is -0.124. The maximum Gasteiger partial charge on any atom is 0.237 e. The van der Waals surface area contributed by atoms with Crippen LogP contribution in [-0.4, -0.2) is 30.6 Å². The number of hydrogen-bond donors (Lipinski definition) is 3. The second kappa shape index (κ2) is 9.33. The van der Waals surface area contributed by atoms with Crippen LogP contribution in [0.2, 0.25) is 0 Å². The van der Waals surface area contributed by atoms with Crippen LogP contribution in [0.3, 0.4) is 0 Å². The van der Waals surface area contributed by atoms with Crippen molar-refractivity contribution in [1.82, 2.24) is 10.3 Å². The van der Waals surface area contributed by atoms with Crippen molar-refractivity contribution >= 4 is 29.2 Å². The zero-order valence-corrected chi connectivity index (χ0v) is 18.2. The summed E-state index contributed by atoms with van der Waals surface area (Å²) < 4.78 is 5.28. The lowest BCUT2D eigenvalue weighted by Crippen LogP contribution is -2.49. The average molecular weight is 416 g/mol. The Morgan fingerprint density at radius 1 is 1.14 bits per heavy atom. The van der Waals surface area contributed by atoms with Gasteiger partial charge in [-0.3, -0.25) is 4.79 Å². The van der Waals surface area contributed by atoms with Crippen LogP contribution in [0.15, 0.2) is 54.7 Å². The average Bonchev–Trinajstić information content (AvgIpc) is 3.11. The van der Waals surface area contributed by atoms with E-state index in [-0.39, 0.29) is 29.6 Å². The Balaban J connectivity index is 0.00000300. The van der Waals surface area contributed by atoms with Crippen LogP contribution < -0.4 is 15.8 Å². The summed E-state index contributed by atoms with van der Waals surface area (Å²) in [7, 11) is 1.65. The molecule has 2 aromatic carbocycles. The van der Waals surface area contributed by atoms with E-state index in [0.717, 1.165) is 27.8 Å². The number of para-hydroxylation sites is 1. The largest absolute Gasteiger partial charge is 0.497 e. The lowest BCUT2D eigenvalue weighted by Gasteiger charge is -2.27. The van der Waals surface area contributed by atoms with Gasteiger partial charge in [-0.2, -0.15) is 0 Å². The normalized spacial score (nSPS) is 13.4. The summed E-state index contributed by atoms with van der Waals surface area (Å²) in [4.78, 5) is 15.9. The van der Waals surface area contributed by atoms with E-state index >= 15 is 0 Å². The number of amides is 1. The minimum Gasteiger partial charge on any atom is -0.497 e. The lowest BCUT2D eigenvalue weighted by atomic mass is 9.86. The minimum absolute atomic E-state index is 0. The van der Waals surface area contributed by atoms with Gasteiger partial charge in [0.15, 0.2) is 0 Å². The second-order valence-corrected chi connectivity index (χ2v) is 8.20. The second-order valence-electron chi connectivity index (χ2n) is 8.20. The van der Waals surface area contributed by atoms with E-state index in [1.807, 2.05) is 63.4 Å². The number of carbonyl (C=O) groups excluding carboxylic acids is 1. The fourth-order valence-corrected chi connectivity index (χ4v) is 3.33. The van der Waals surface area contributed by atoms with Gasteiger partial charge in [0, 0.05) is 29.6 Å². The molecule has 6 heteroatoms. The first-order chi connectivity index (χ1) is 13.3. The number of nitrogens with one attached hydrogen (secondary N) is 2. The van der Waals surface area contributed by atoms with Gasteiger partial charge in [0.2, 0.25) is 5.91 Å². The molecule has 5 nitrogen and oxygen atoms in total. The number of benzene rings is 2. The van der Waals surface area contributed by atoms with E-state index in [1.165, 1.54) is 0 Å². The first-order valence-electron chi connectivity index (χ1n) is 9.54. The van der Waals surface area contributed by atoms with Gasteiger partial charge in [-0.1, -0.05) is 51.1 Å². The van der Waals surface area contributed by atoms with Gasteiger partial charge in [-0.05, 0) is 34.7 Å². The highest BCUT2D eigenvalue weighted by atomic mass is 35.5. The molecule has 0 bridgehead atoms. The number of H-pyrrole nitrogens is 1. The summed E-state index contributed by atoms with van der Waals surface area (Å²) >= 11 is 0. The Bertz CT molecular complexity index is 945. The zero-order valence-electron chi connectivity index (χ0n) is 17.4. The molecule has 0 saturated heterocycles. The summed E-state index contributed by atoms with van der Waals surface area (Å²) in [6.07, 6.45) is 2.02. The van der Waals surface area contributed by atoms with Gasteiger partial charge in [0.1, 0.15) is 5.75 Å². The number of nitrogens with two attached hydrogens (primary N) is 1. The SMILES string of the molecule is COc1ccc(C(CNC(=O)[C@@H](N)C(C)(C)C)c2c[nH]c3ccccc23)cc1.Cl. The van der Waals surface area contributed by atoms with E-state index in [4.69, 9.17) is 10.5 Å². The van der Waals surface area contributed by atoms with Crippen molar-refractivity contribution in [2.45, 2.75) is 32.7 Å². The standard InChI is InChI=1S/C23H29N3O2.ClH/c1-23(2,3)21(24)22(27)26-13-18(15-9-11-16(28-4)12-10-15)19-14-25-20-8-6-5-7-17(19)20;/h5-12,14,18,21,25H,13,24H2,1-4H3,(H,26,27);1H/t18?,21-;/m1./s1. The number of hydrogen-bond acceptors (Lipinski definition) is 3. The number of ether oxygens (including phenoxy) is 1. The third kappa shape index (κ3) is 5.11. The third-order valence-corrected chi connectivity index (χ3v) is 5.21. The van der Waals surface area contributed by atoms with Gasteiger partial charge in [0.25, 0.3) is 0 Å². The molecule has 0 aliphatic rings. The molecule has 156 valence electrons. The van der Waals surface area contributed by atoms with Crippen LogP contribution in [0.5, 0.6) is 5.75 Å². The van der Waals surface area contributed by atoms with Crippen molar-refractivity contribution in [3.05, 3.63) is 65.9 Å². The van der Waals surface area contributed by atoms with E-state index in [2.05, 4.69) is 22.4 Å². The van der Waals surface area contributed by atoms with E-state index in [9.17, 15) is 4.79 Å². The molecule has 0 spiro atoms. The number of methoxy groups -OCH3 is 1. The molecule has 0 aliphatic heterocycles. The summed E-state index contributed by atoms with van der Waals surface area (Å²) in [6, 6.07) is 15.6. The maximum atomic E-state index is 12.6. The van der Waals surface area contributed by atoms with Crippen molar-refractivity contribution in [2.75, 3.05) is 13.7 Å². The van der Waals surface area contributed by atoms with Crippen LogP contribution in [0, 0.1) is 5.41 Å². The quantitative estimate of drug-likeness (QED) is 0.563. The molecule has 0 fully saturated rings. The molecule has 2 atom stereocenters. The fourth-order valence-electron chi connectivity index (χ4n) is 3.33. The zero-order chi connectivity index (χ0) is 20.3. The number of halogens is 1. The molecular formula is C23H30ClN3O2. The highest BCUT2D eigenvalue weighted by Crippen LogP contribution is 2.31.